The van der Waals surface area contributed by atoms with Crippen molar-refractivity contribution in [2.24, 2.45) is 0 Å². The van der Waals surface area contributed by atoms with E-state index in [1.807, 2.05) is 37.2 Å². The summed E-state index contributed by atoms with van der Waals surface area (Å²) in [6, 6.07) is 9.83. The maximum Gasteiger partial charge on any atom is 0.336 e. The minimum atomic E-state index is -0.367. The van der Waals surface area contributed by atoms with Gasteiger partial charge in [-0.05, 0) is 12.1 Å². The fourth-order valence-electron chi connectivity index (χ4n) is 1.27. The van der Waals surface area contributed by atoms with Crippen LogP contribution in [-0.4, -0.2) is 14.1 Å². The highest BCUT2D eigenvalue weighted by Crippen LogP contribution is 2.18. The van der Waals surface area contributed by atoms with Crippen LogP contribution in [0.5, 0.6) is 0 Å². The third-order valence-corrected chi connectivity index (χ3v) is 2.04. The largest absolute Gasteiger partial charge is 0.423 e. The van der Waals surface area contributed by atoms with E-state index in [0.717, 1.165) is 11.1 Å². The number of fused-ring (bicyclic) bond motifs is 1. The summed E-state index contributed by atoms with van der Waals surface area (Å²) in [5.74, 6) is 0. The van der Waals surface area contributed by atoms with Gasteiger partial charge in [-0.2, -0.15) is 0 Å². The predicted molar refractivity (Wildman–Crippen MR) is 55.6 cm³/mol. The Morgan fingerprint density at radius 1 is 1.36 bits per heavy atom. The molecule has 0 aliphatic heterocycles. The summed E-state index contributed by atoms with van der Waals surface area (Å²) in [5.41, 5.74) is 1.21. The molecular formula is C11H10NO2. The summed E-state index contributed by atoms with van der Waals surface area (Å²) in [6.45, 7) is 0. The van der Waals surface area contributed by atoms with Gasteiger partial charge in [-0.15, -0.1) is 0 Å². The lowest BCUT2D eigenvalue weighted by Gasteiger charge is -2.11. The number of rotatable bonds is 1. The smallest absolute Gasteiger partial charge is 0.336 e. The topological polar surface area (TPSA) is 33.5 Å². The summed E-state index contributed by atoms with van der Waals surface area (Å²) in [6.07, 6.45) is 0. The number of nitrogens with zero attached hydrogens (tertiary/aromatic N) is 1. The number of hydrogen-bond acceptors (Lipinski definition) is 3. The molecule has 0 unspecified atom stereocenters. The van der Waals surface area contributed by atoms with E-state index in [9.17, 15) is 4.79 Å². The molecule has 1 heterocycles. The molecule has 0 saturated heterocycles. The molecule has 0 amide bonds. The van der Waals surface area contributed by atoms with Crippen LogP contribution in [0.15, 0.2) is 33.5 Å². The molecule has 0 aliphatic rings. The number of hydrogen-bond donors (Lipinski definition) is 0. The first-order chi connectivity index (χ1) is 6.66. The highest BCUT2D eigenvalue weighted by molar-refractivity contribution is 5.79. The van der Waals surface area contributed by atoms with E-state index in [0.29, 0.717) is 5.58 Å². The standard InChI is InChI=1S/C11H10NO2/c1-12(2)9-5-3-8-4-6-11(13)14-10(8)7-9/h3,5-7H,1-2H3. The molecule has 71 valence electrons. The van der Waals surface area contributed by atoms with Gasteiger partial charge < -0.3 is 9.32 Å². The molecule has 0 atom stereocenters. The first-order valence-corrected chi connectivity index (χ1v) is 4.30. The second-order valence-electron chi connectivity index (χ2n) is 3.28. The van der Waals surface area contributed by atoms with Crippen LogP contribution in [0.3, 0.4) is 0 Å². The molecule has 0 bridgehead atoms. The van der Waals surface area contributed by atoms with Gasteiger partial charge in [0.25, 0.3) is 0 Å². The Bertz CT molecular complexity index is 514. The highest BCUT2D eigenvalue weighted by Gasteiger charge is 2.00. The van der Waals surface area contributed by atoms with Crippen LogP contribution in [0.25, 0.3) is 11.0 Å². The van der Waals surface area contributed by atoms with Crippen molar-refractivity contribution in [3.05, 3.63) is 40.8 Å². The molecule has 0 N–H and O–H groups in total. The minimum absolute atomic E-state index is 0.367. The Hall–Kier alpha value is -1.77. The summed E-state index contributed by atoms with van der Waals surface area (Å²) in [5, 5.41) is 0.815. The van der Waals surface area contributed by atoms with Crippen LogP contribution in [0.4, 0.5) is 5.69 Å². The molecule has 0 fully saturated rings. The predicted octanol–water partition coefficient (Wildman–Crippen LogP) is 1.66. The van der Waals surface area contributed by atoms with E-state index in [1.165, 1.54) is 6.07 Å². The Labute approximate surface area is 81.6 Å². The van der Waals surface area contributed by atoms with Gasteiger partial charge in [-0.3, -0.25) is 0 Å². The Morgan fingerprint density at radius 3 is 2.86 bits per heavy atom. The Balaban J connectivity index is 2.69. The van der Waals surface area contributed by atoms with Gasteiger partial charge >= 0.3 is 5.63 Å². The van der Waals surface area contributed by atoms with Crippen LogP contribution in [0, 0.1) is 6.07 Å². The summed E-state index contributed by atoms with van der Waals surface area (Å²) >= 11 is 0. The maximum absolute atomic E-state index is 11.0. The van der Waals surface area contributed by atoms with Crippen molar-refractivity contribution in [1.82, 2.24) is 0 Å². The van der Waals surface area contributed by atoms with E-state index in [-0.39, 0.29) is 5.63 Å². The molecule has 0 saturated carbocycles. The quantitative estimate of drug-likeness (QED) is 0.638. The minimum Gasteiger partial charge on any atom is -0.423 e. The Kier molecular flexibility index (Phi) is 2.00. The summed E-state index contributed by atoms with van der Waals surface area (Å²) in [4.78, 5) is 12.9. The van der Waals surface area contributed by atoms with Crippen molar-refractivity contribution >= 4 is 16.7 Å². The zero-order chi connectivity index (χ0) is 10.1. The van der Waals surface area contributed by atoms with Crippen molar-refractivity contribution in [3.8, 4) is 0 Å². The van der Waals surface area contributed by atoms with Gasteiger partial charge in [-0.1, -0.05) is 0 Å². The lowest BCUT2D eigenvalue weighted by molar-refractivity contribution is 0.561. The fraction of sp³-hybridized carbons (Fsp3) is 0.182. The van der Waals surface area contributed by atoms with Gasteiger partial charge in [0.2, 0.25) is 0 Å². The molecule has 2 rings (SSSR count). The first-order valence-electron chi connectivity index (χ1n) is 4.30. The zero-order valence-electron chi connectivity index (χ0n) is 8.07. The zero-order valence-corrected chi connectivity index (χ0v) is 8.07. The molecule has 2 aromatic rings. The third-order valence-electron chi connectivity index (χ3n) is 2.04. The van der Waals surface area contributed by atoms with Gasteiger partial charge in [0.05, 0.1) is 0 Å². The van der Waals surface area contributed by atoms with Gasteiger partial charge in [0.15, 0.2) is 0 Å². The van der Waals surface area contributed by atoms with Gasteiger partial charge in [-0.25, -0.2) is 4.79 Å². The molecule has 3 heteroatoms. The average Bonchev–Trinajstić information content (AvgIpc) is 2.16. The molecule has 14 heavy (non-hydrogen) atoms. The SMILES string of the molecule is CN(C)c1ccc2[c]cc(=O)oc2c1. The van der Waals surface area contributed by atoms with Crippen molar-refractivity contribution < 1.29 is 4.42 Å². The van der Waals surface area contributed by atoms with E-state index >= 15 is 0 Å². The molecule has 3 nitrogen and oxygen atoms in total. The van der Waals surface area contributed by atoms with Crippen LogP contribution >= 0.6 is 0 Å². The van der Waals surface area contributed by atoms with Gasteiger partial charge in [0, 0.05) is 43.4 Å². The van der Waals surface area contributed by atoms with Crippen molar-refractivity contribution in [2.75, 3.05) is 19.0 Å². The van der Waals surface area contributed by atoms with Gasteiger partial charge in [0.1, 0.15) is 5.58 Å². The van der Waals surface area contributed by atoms with E-state index in [4.69, 9.17) is 4.42 Å². The fourth-order valence-corrected chi connectivity index (χ4v) is 1.27. The van der Waals surface area contributed by atoms with Crippen LogP contribution in [0.2, 0.25) is 0 Å². The molecule has 1 aromatic carbocycles. The first kappa shape index (κ1) is 8.81. The second kappa shape index (κ2) is 3.18. The highest BCUT2D eigenvalue weighted by atomic mass is 16.4. The van der Waals surface area contributed by atoms with Crippen molar-refractivity contribution in [2.45, 2.75) is 0 Å². The van der Waals surface area contributed by atoms with Crippen LogP contribution in [-0.2, 0) is 0 Å². The lowest BCUT2D eigenvalue weighted by atomic mass is 10.2. The average molecular weight is 188 g/mol. The Morgan fingerprint density at radius 2 is 2.14 bits per heavy atom. The molecule has 0 aliphatic carbocycles. The maximum atomic E-state index is 11.0. The molecular weight excluding hydrogens is 178 g/mol. The van der Waals surface area contributed by atoms with Crippen LogP contribution < -0.4 is 10.5 Å². The third kappa shape index (κ3) is 1.48. The normalized spacial score (nSPS) is 10.4. The van der Waals surface area contributed by atoms with E-state index < -0.39 is 0 Å². The molecule has 0 spiro atoms. The number of benzene rings is 1. The van der Waals surface area contributed by atoms with E-state index in [2.05, 4.69) is 6.07 Å². The number of anilines is 1. The molecule has 1 radical (unpaired) electrons. The summed E-state index contributed by atoms with van der Waals surface area (Å²) < 4.78 is 5.04. The van der Waals surface area contributed by atoms with Crippen molar-refractivity contribution in [1.29, 1.82) is 0 Å². The second-order valence-corrected chi connectivity index (χ2v) is 3.28. The lowest BCUT2D eigenvalue weighted by Crippen LogP contribution is -2.08. The van der Waals surface area contributed by atoms with Crippen LogP contribution in [0.1, 0.15) is 0 Å². The van der Waals surface area contributed by atoms with Crippen molar-refractivity contribution in [3.63, 3.8) is 0 Å². The molecule has 1 aromatic heterocycles. The van der Waals surface area contributed by atoms with E-state index in [1.54, 1.807) is 0 Å². The summed E-state index contributed by atoms with van der Waals surface area (Å²) in [7, 11) is 3.87. The monoisotopic (exact) mass is 188 g/mol.